The Labute approximate surface area is 90.2 Å². The van der Waals surface area contributed by atoms with Crippen LogP contribution in [0.3, 0.4) is 0 Å². The minimum atomic E-state index is -4.08. The molecule has 0 bridgehead atoms. The molecule has 0 unspecified atom stereocenters. The second-order valence-corrected chi connectivity index (χ2v) is 3.11. The second-order valence-electron chi connectivity index (χ2n) is 0.673. The maximum absolute atomic E-state index is 9.51. The van der Waals surface area contributed by atoms with Crippen LogP contribution >= 0.6 is 7.82 Å². The molecule has 0 aliphatic heterocycles. The van der Waals surface area contributed by atoms with Crippen molar-refractivity contribution in [3.05, 3.63) is 0 Å². The monoisotopic (exact) mass is 200 g/mol. The van der Waals surface area contributed by atoms with E-state index >= 15 is 0 Å². The van der Waals surface area contributed by atoms with Gasteiger partial charge in [-0.15, -0.1) is 0 Å². The third-order valence-electron chi connectivity index (χ3n) is 0.238. The molecule has 9 heavy (non-hydrogen) atoms. The molecule has 0 aromatic heterocycles. The van der Waals surface area contributed by atoms with E-state index in [1.165, 1.54) is 0 Å². The molecule has 0 aliphatic rings. The van der Waals surface area contributed by atoms with E-state index in [0.717, 1.165) is 0 Å². The summed E-state index contributed by atoms with van der Waals surface area (Å²) in [6, 6.07) is 0. The van der Waals surface area contributed by atoms with Crippen LogP contribution in [0, 0.1) is 0 Å². The second kappa shape index (κ2) is 9.82. The van der Waals surface area contributed by atoms with Crippen molar-refractivity contribution >= 4 is 35.7 Å². The summed E-state index contributed by atoms with van der Waals surface area (Å²) >= 11 is 0. The molecule has 0 atom stereocenters. The van der Waals surface area contributed by atoms with Crippen molar-refractivity contribution in [1.29, 1.82) is 0 Å². The molecular formula is H11AlNaO5PSi. The number of hydrogen-bond donors (Lipinski definition) is 2. The number of rotatable bonds is 1. The molecule has 0 aliphatic carbocycles. The van der Waals surface area contributed by atoms with Crippen LogP contribution in [0.25, 0.3) is 0 Å². The molecule has 0 spiro atoms. The van der Waals surface area contributed by atoms with Crippen LogP contribution in [0.5, 0.6) is 0 Å². The van der Waals surface area contributed by atoms with Crippen molar-refractivity contribution in [3.8, 4) is 0 Å². The summed E-state index contributed by atoms with van der Waals surface area (Å²) in [6.07, 6.45) is 0. The smallest absolute Gasteiger partial charge is 1.00 e. The van der Waals surface area contributed by atoms with Gasteiger partial charge in [0, 0.05) is 0 Å². The van der Waals surface area contributed by atoms with E-state index < -0.39 is 7.82 Å². The minimum Gasteiger partial charge on any atom is -1.00 e. The van der Waals surface area contributed by atoms with Crippen LogP contribution in [-0.4, -0.2) is 43.1 Å². The van der Waals surface area contributed by atoms with Gasteiger partial charge in [-0.1, -0.05) is 0 Å². The SMILES string of the molecule is O.O=P(O)(O)O[SiH3].[AlH3].[H-].[Na+]. The third-order valence-corrected chi connectivity index (χ3v) is 2.14. The van der Waals surface area contributed by atoms with E-state index in [-0.39, 0.29) is 64.3 Å². The molecule has 5 nitrogen and oxygen atoms in total. The molecule has 0 aromatic carbocycles. The fraction of sp³-hybridized carbons (Fsp3) is 0. The zero-order valence-corrected chi connectivity index (χ0v) is 9.55. The molecule has 0 rings (SSSR count). The Bertz CT molecular complexity index is 85.7. The maximum atomic E-state index is 9.51. The predicted molar refractivity (Wildman–Crippen MR) is 37.7 cm³/mol. The summed E-state index contributed by atoms with van der Waals surface area (Å²) in [5.74, 6) is 0. The zero-order chi connectivity index (χ0) is 5.21. The zero-order valence-electron chi connectivity index (χ0n) is 5.66. The first-order chi connectivity index (χ1) is 2.56. The molecule has 9 heteroatoms. The van der Waals surface area contributed by atoms with Crippen molar-refractivity contribution in [2.24, 2.45) is 0 Å². The van der Waals surface area contributed by atoms with Gasteiger partial charge < -0.3 is 20.9 Å². The largest absolute Gasteiger partial charge is 1.00 e. The van der Waals surface area contributed by atoms with Crippen LogP contribution in [0.1, 0.15) is 1.43 Å². The molecule has 0 radical (unpaired) electrons. The minimum absolute atomic E-state index is 0. The Morgan fingerprint density at radius 1 is 1.56 bits per heavy atom. The van der Waals surface area contributed by atoms with E-state index in [2.05, 4.69) is 4.21 Å². The maximum Gasteiger partial charge on any atom is 1.00 e. The first kappa shape index (κ1) is 22.4. The van der Waals surface area contributed by atoms with E-state index in [1.54, 1.807) is 0 Å². The first-order valence-corrected chi connectivity index (χ1v) is 3.52. The summed E-state index contributed by atoms with van der Waals surface area (Å²) in [7, 11) is -4.00. The van der Waals surface area contributed by atoms with Gasteiger partial charge in [0.2, 0.25) is 0 Å². The summed E-state index contributed by atoms with van der Waals surface area (Å²) in [5, 5.41) is 0. The van der Waals surface area contributed by atoms with Crippen LogP contribution in [-0.2, 0) is 8.78 Å². The number of phosphoric acid groups is 1. The predicted octanol–water partition coefficient (Wildman–Crippen LogP) is -6.52. The van der Waals surface area contributed by atoms with Crippen LogP contribution in [0.15, 0.2) is 0 Å². The Balaban J connectivity index is -0.0000000208. The molecule has 0 fully saturated rings. The molecule has 0 amide bonds. The van der Waals surface area contributed by atoms with Gasteiger partial charge in [0.25, 0.3) is 0 Å². The van der Waals surface area contributed by atoms with E-state index in [4.69, 9.17) is 9.79 Å². The van der Waals surface area contributed by atoms with E-state index in [1.807, 2.05) is 0 Å². The Hall–Kier alpha value is 1.82. The molecule has 4 N–H and O–H groups in total. The van der Waals surface area contributed by atoms with Gasteiger partial charge >= 0.3 is 37.4 Å². The molecule has 0 heterocycles. The average Bonchev–Trinajstić information content (AvgIpc) is 1.35. The third kappa shape index (κ3) is 25.8. The van der Waals surface area contributed by atoms with Crippen LogP contribution in [0.2, 0.25) is 0 Å². The van der Waals surface area contributed by atoms with Gasteiger partial charge in [0.05, 0.1) is 0 Å². The van der Waals surface area contributed by atoms with E-state index in [9.17, 15) is 4.57 Å². The molecule has 0 saturated carbocycles. The van der Waals surface area contributed by atoms with Gasteiger partial charge in [-0.25, -0.2) is 4.57 Å². The van der Waals surface area contributed by atoms with Crippen LogP contribution in [0.4, 0.5) is 0 Å². The first-order valence-electron chi connectivity index (χ1n) is 1.17. The van der Waals surface area contributed by atoms with Crippen molar-refractivity contribution in [2.75, 3.05) is 0 Å². The quantitative estimate of drug-likeness (QED) is 0.325. The standard InChI is InChI=1S/Al.Na.H5O4PSi.H2O.4H/c;;1-5(2,3)4-6;;;;;/h;;6H3,(H2,1,2,3);1H2;;;;/q;+1;;;;;;-1. The van der Waals surface area contributed by atoms with Gasteiger partial charge in [-0.05, 0) is 0 Å². The van der Waals surface area contributed by atoms with Crippen LogP contribution < -0.4 is 29.6 Å². The Kier molecular flexibility index (Phi) is 24.5. The van der Waals surface area contributed by atoms with E-state index in [0.29, 0.717) is 0 Å². The summed E-state index contributed by atoms with van der Waals surface area (Å²) in [5.41, 5.74) is 0. The molecule has 0 saturated heterocycles. The molecule has 0 aromatic rings. The normalized spacial score (nSPS) is 8.22. The van der Waals surface area contributed by atoms with Crippen molar-refractivity contribution in [2.45, 2.75) is 0 Å². The van der Waals surface area contributed by atoms with Gasteiger partial charge in [-0.2, -0.15) is 0 Å². The fourth-order valence-corrected chi connectivity index (χ4v) is 0. The average molecular weight is 200 g/mol. The summed E-state index contributed by atoms with van der Waals surface area (Å²) < 4.78 is 13.2. The fourth-order valence-electron chi connectivity index (χ4n) is 0. The Morgan fingerprint density at radius 3 is 1.67 bits per heavy atom. The summed E-state index contributed by atoms with van der Waals surface area (Å²) in [6.45, 7) is 0. The van der Waals surface area contributed by atoms with Gasteiger partial charge in [-0.3, -0.25) is 0 Å². The Morgan fingerprint density at radius 2 is 1.67 bits per heavy atom. The molecule has 54 valence electrons. The molecular weight excluding hydrogens is 189 g/mol. The van der Waals surface area contributed by atoms with Gasteiger partial charge in [0.15, 0.2) is 27.8 Å². The summed E-state index contributed by atoms with van der Waals surface area (Å²) in [4.78, 5) is 15.5. The van der Waals surface area contributed by atoms with Crippen molar-refractivity contribution in [1.82, 2.24) is 0 Å². The van der Waals surface area contributed by atoms with Gasteiger partial charge in [0.1, 0.15) is 0 Å². The van der Waals surface area contributed by atoms with Crippen molar-refractivity contribution in [3.63, 3.8) is 0 Å². The topological polar surface area (TPSA) is 98.3 Å². The van der Waals surface area contributed by atoms with Crippen molar-refractivity contribution < 1.29 is 55.0 Å². The number of hydrogen-bond acceptors (Lipinski definition) is 2.